The van der Waals surface area contributed by atoms with Crippen molar-refractivity contribution in [2.75, 3.05) is 0 Å². The summed E-state index contributed by atoms with van der Waals surface area (Å²) in [4.78, 5) is 4.83. The second-order valence-electron chi connectivity index (χ2n) is 7.60. The van der Waals surface area contributed by atoms with Gasteiger partial charge in [-0.15, -0.1) is 0 Å². The molecule has 3 aromatic carbocycles. The van der Waals surface area contributed by atoms with Crippen LogP contribution in [-0.2, 0) is 13.2 Å². The molecule has 0 saturated heterocycles. The van der Waals surface area contributed by atoms with Crippen LogP contribution in [-0.4, -0.2) is 9.55 Å². The Kier molecular flexibility index (Phi) is 5.16. The van der Waals surface area contributed by atoms with Crippen molar-refractivity contribution in [3.05, 3.63) is 95.3 Å². The zero-order valence-electron chi connectivity index (χ0n) is 16.7. The number of ether oxygens (including phenoxy) is 1. The Morgan fingerprint density at radius 1 is 0.893 bits per heavy atom. The molecule has 0 atom stereocenters. The Bertz CT molecular complexity index is 1060. The second kappa shape index (κ2) is 7.89. The van der Waals surface area contributed by atoms with E-state index in [4.69, 9.17) is 9.72 Å². The van der Waals surface area contributed by atoms with Crippen molar-refractivity contribution in [3.8, 4) is 5.75 Å². The van der Waals surface area contributed by atoms with E-state index in [-0.39, 0.29) is 0 Å². The number of aryl methyl sites for hydroxylation is 1. The molecule has 0 radical (unpaired) electrons. The topological polar surface area (TPSA) is 27.1 Å². The van der Waals surface area contributed by atoms with Crippen LogP contribution < -0.4 is 4.74 Å². The number of fused-ring (bicyclic) bond motifs is 1. The van der Waals surface area contributed by atoms with Crippen LogP contribution in [0.5, 0.6) is 5.75 Å². The van der Waals surface area contributed by atoms with Gasteiger partial charge in [-0.1, -0.05) is 67.9 Å². The summed E-state index contributed by atoms with van der Waals surface area (Å²) >= 11 is 0. The third kappa shape index (κ3) is 3.94. The number of para-hydroxylation sites is 2. The fourth-order valence-electron chi connectivity index (χ4n) is 3.38. The Labute approximate surface area is 166 Å². The normalized spacial score (nSPS) is 11.3. The Hall–Kier alpha value is -3.07. The molecule has 0 aliphatic carbocycles. The lowest BCUT2D eigenvalue weighted by molar-refractivity contribution is 0.291. The van der Waals surface area contributed by atoms with Crippen LogP contribution in [0.2, 0.25) is 0 Å². The summed E-state index contributed by atoms with van der Waals surface area (Å²) in [7, 11) is 0. The summed E-state index contributed by atoms with van der Waals surface area (Å²) in [5, 5.41) is 0. The molecule has 1 heterocycles. The van der Waals surface area contributed by atoms with E-state index in [9.17, 15) is 0 Å². The highest BCUT2D eigenvalue weighted by Crippen LogP contribution is 2.21. The Morgan fingerprint density at radius 3 is 2.32 bits per heavy atom. The van der Waals surface area contributed by atoms with Crippen LogP contribution in [0.3, 0.4) is 0 Å². The molecular weight excluding hydrogens is 344 g/mol. The van der Waals surface area contributed by atoms with Gasteiger partial charge in [-0.25, -0.2) is 4.98 Å². The molecule has 0 aliphatic rings. The summed E-state index contributed by atoms with van der Waals surface area (Å²) in [5.41, 5.74) is 6.00. The third-order valence-electron chi connectivity index (χ3n) is 5.11. The lowest BCUT2D eigenvalue weighted by Gasteiger charge is -2.12. The van der Waals surface area contributed by atoms with Gasteiger partial charge in [0.1, 0.15) is 18.2 Å². The van der Waals surface area contributed by atoms with E-state index in [0.29, 0.717) is 12.5 Å². The molecule has 1 aromatic heterocycles. The molecular formula is C25H26N2O. The highest BCUT2D eigenvalue weighted by Gasteiger charge is 2.12. The summed E-state index contributed by atoms with van der Waals surface area (Å²) < 4.78 is 8.28. The number of hydrogen-bond acceptors (Lipinski definition) is 2. The first-order valence-corrected chi connectivity index (χ1v) is 9.82. The van der Waals surface area contributed by atoms with Crippen molar-refractivity contribution in [1.82, 2.24) is 9.55 Å². The first-order valence-electron chi connectivity index (χ1n) is 9.82. The number of nitrogens with zero attached hydrogens (tertiary/aromatic N) is 2. The minimum atomic E-state index is 0.446. The fraction of sp³-hybridized carbons (Fsp3) is 0.240. The van der Waals surface area contributed by atoms with Crippen molar-refractivity contribution in [2.24, 2.45) is 0 Å². The Morgan fingerprint density at radius 2 is 1.61 bits per heavy atom. The minimum Gasteiger partial charge on any atom is -0.486 e. The molecule has 142 valence electrons. The molecule has 28 heavy (non-hydrogen) atoms. The maximum Gasteiger partial charge on any atom is 0.148 e. The first-order chi connectivity index (χ1) is 13.6. The zero-order chi connectivity index (χ0) is 19.5. The lowest BCUT2D eigenvalue weighted by atomic mass is 10.0. The number of hydrogen-bond donors (Lipinski definition) is 0. The van der Waals surface area contributed by atoms with Gasteiger partial charge in [-0.05, 0) is 48.2 Å². The van der Waals surface area contributed by atoms with E-state index in [1.807, 2.05) is 18.2 Å². The summed E-state index contributed by atoms with van der Waals surface area (Å²) in [5.74, 6) is 2.35. The molecule has 0 spiro atoms. The average Bonchev–Trinajstić information content (AvgIpc) is 3.05. The molecule has 0 bridgehead atoms. The highest BCUT2D eigenvalue weighted by molar-refractivity contribution is 5.76. The van der Waals surface area contributed by atoms with Gasteiger partial charge in [0.2, 0.25) is 0 Å². The number of aromatic nitrogens is 2. The second-order valence-corrected chi connectivity index (χ2v) is 7.60. The fourth-order valence-corrected chi connectivity index (χ4v) is 3.38. The van der Waals surface area contributed by atoms with Crippen molar-refractivity contribution in [2.45, 2.75) is 39.8 Å². The van der Waals surface area contributed by atoms with Crippen LogP contribution >= 0.6 is 0 Å². The molecule has 0 N–H and O–H groups in total. The third-order valence-corrected chi connectivity index (χ3v) is 5.11. The summed E-state index contributed by atoms with van der Waals surface area (Å²) in [6, 6.07) is 25.3. The van der Waals surface area contributed by atoms with E-state index in [1.54, 1.807) is 0 Å². The largest absolute Gasteiger partial charge is 0.486 e. The number of benzene rings is 3. The molecule has 4 rings (SSSR count). The van der Waals surface area contributed by atoms with Crippen LogP contribution in [0.15, 0.2) is 72.8 Å². The lowest BCUT2D eigenvalue weighted by Crippen LogP contribution is -2.08. The van der Waals surface area contributed by atoms with Crippen LogP contribution in [0.25, 0.3) is 11.0 Å². The Balaban J connectivity index is 1.62. The van der Waals surface area contributed by atoms with Crippen molar-refractivity contribution in [1.29, 1.82) is 0 Å². The van der Waals surface area contributed by atoms with Crippen molar-refractivity contribution in [3.63, 3.8) is 0 Å². The van der Waals surface area contributed by atoms with E-state index in [1.165, 1.54) is 16.7 Å². The average molecular weight is 370 g/mol. The van der Waals surface area contributed by atoms with Gasteiger partial charge in [0.05, 0.1) is 11.0 Å². The number of imidazole rings is 1. The van der Waals surface area contributed by atoms with Gasteiger partial charge < -0.3 is 9.30 Å². The first kappa shape index (κ1) is 18.3. The van der Waals surface area contributed by atoms with E-state index >= 15 is 0 Å². The standard InChI is InChI=1S/C25H26N2O/c1-18(2)21-12-10-20(11-13-21)16-27-24-7-5-4-6-23(24)26-25(27)17-28-22-14-8-19(3)9-15-22/h4-15,18H,16-17H2,1-3H3. The summed E-state index contributed by atoms with van der Waals surface area (Å²) in [6.45, 7) is 7.75. The SMILES string of the molecule is Cc1ccc(OCc2nc3ccccc3n2Cc2ccc(C(C)C)cc2)cc1. The van der Waals surface area contributed by atoms with E-state index in [0.717, 1.165) is 29.2 Å². The predicted molar refractivity (Wildman–Crippen MR) is 115 cm³/mol. The maximum atomic E-state index is 6.02. The quantitative estimate of drug-likeness (QED) is 0.410. The molecule has 0 unspecified atom stereocenters. The molecule has 0 fully saturated rings. The predicted octanol–water partition coefficient (Wildman–Crippen LogP) is 6.10. The highest BCUT2D eigenvalue weighted by atomic mass is 16.5. The molecule has 0 amide bonds. The zero-order valence-corrected chi connectivity index (χ0v) is 16.7. The smallest absolute Gasteiger partial charge is 0.148 e. The molecule has 0 aliphatic heterocycles. The number of rotatable bonds is 6. The minimum absolute atomic E-state index is 0.446. The molecule has 0 saturated carbocycles. The van der Waals surface area contributed by atoms with Crippen LogP contribution in [0, 0.1) is 6.92 Å². The van der Waals surface area contributed by atoms with Crippen LogP contribution in [0.1, 0.15) is 42.3 Å². The monoisotopic (exact) mass is 370 g/mol. The van der Waals surface area contributed by atoms with Gasteiger partial charge in [0.25, 0.3) is 0 Å². The van der Waals surface area contributed by atoms with Crippen LogP contribution in [0.4, 0.5) is 0 Å². The maximum absolute atomic E-state index is 6.02. The van der Waals surface area contributed by atoms with Gasteiger partial charge in [0.15, 0.2) is 0 Å². The van der Waals surface area contributed by atoms with E-state index < -0.39 is 0 Å². The van der Waals surface area contributed by atoms with Gasteiger partial charge in [-0.3, -0.25) is 0 Å². The van der Waals surface area contributed by atoms with Gasteiger partial charge >= 0.3 is 0 Å². The summed E-state index contributed by atoms with van der Waals surface area (Å²) in [6.07, 6.45) is 0. The van der Waals surface area contributed by atoms with Crippen molar-refractivity contribution >= 4 is 11.0 Å². The van der Waals surface area contributed by atoms with Gasteiger partial charge in [0, 0.05) is 6.54 Å². The molecule has 3 heteroatoms. The molecule has 4 aromatic rings. The molecule has 3 nitrogen and oxygen atoms in total. The van der Waals surface area contributed by atoms with Crippen molar-refractivity contribution < 1.29 is 4.74 Å². The van der Waals surface area contributed by atoms with E-state index in [2.05, 4.69) is 79.9 Å². The van der Waals surface area contributed by atoms with Gasteiger partial charge in [-0.2, -0.15) is 0 Å².